The lowest BCUT2D eigenvalue weighted by atomic mass is 10.1. The highest BCUT2D eigenvalue weighted by Gasteiger charge is 2.24. The Morgan fingerprint density at radius 1 is 1.32 bits per heavy atom. The number of halogens is 1. The van der Waals surface area contributed by atoms with Gasteiger partial charge in [0.1, 0.15) is 11.6 Å². The van der Waals surface area contributed by atoms with Crippen molar-refractivity contribution in [3.63, 3.8) is 0 Å². The van der Waals surface area contributed by atoms with Gasteiger partial charge in [0.2, 0.25) is 5.91 Å². The van der Waals surface area contributed by atoms with Crippen LogP contribution in [0.4, 0.5) is 15.9 Å². The number of anilines is 2. The van der Waals surface area contributed by atoms with Gasteiger partial charge in [0.25, 0.3) is 5.56 Å². The van der Waals surface area contributed by atoms with E-state index >= 15 is 0 Å². The molecule has 2 rings (SSSR count). The van der Waals surface area contributed by atoms with Gasteiger partial charge in [-0.2, -0.15) is 0 Å². The molecule has 31 heavy (non-hydrogen) atoms. The number of carbonyl (C=O) groups is 2. The maximum Gasteiger partial charge on any atom is 0.330 e. The molecule has 3 N–H and O–H groups in total. The van der Waals surface area contributed by atoms with Crippen LogP contribution in [0, 0.1) is 5.82 Å². The lowest BCUT2D eigenvalue weighted by Crippen LogP contribution is -2.43. The SMILES string of the molecule is CCCn1c(N)c(N(CCOC)C(=O)CSc2ccc(C(C)=O)cc2F)c(=O)[nH]c1=O. The summed E-state index contributed by atoms with van der Waals surface area (Å²) in [6.45, 7) is 3.57. The Bertz CT molecular complexity index is 1080. The summed E-state index contributed by atoms with van der Waals surface area (Å²) in [7, 11) is 1.44. The minimum Gasteiger partial charge on any atom is -0.383 e. The van der Waals surface area contributed by atoms with Crippen LogP contribution in [-0.2, 0) is 16.1 Å². The van der Waals surface area contributed by atoms with E-state index in [0.29, 0.717) is 6.42 Å². The largest absolute Gasteiger partial charge is 0.383 e. The number of benzene rings is 1. The van der Waals surface area contributed by atoms with Crippen LogP contribution in [0.5, 0.6) is 0 Å². The second kappa shape index (κ2) is 10.9. The summed E-state index contributed by atoms with van der Waals surface area (Å²) < 4.78 is 20.5. The number of carbonyl (C=O) groups excluding carboxylic acids is 2. The zero-order chi connectivity index (χ0) is 23.1. The van der Waals surface area contributed by atoms with E-state index in [1.807, 2.05) is 6.92 Å². The van der Waals surface area contributed by atoms with Crippen molar-refractivity contribution in [1.29, 1.82) is 0 Å². The summed E-state index contributed by atoms with van der Waals surface area (Å²) in [5.74, 6) is -1.73. The highest BCUT2D eigenvalue weighted by Crippen LogP contribution is 2.25. The fourth-order valence-corrected chi connectivity index (χ4v) is 3.68. The third-order valence-electron chi connectivity index (χ3n) is 4.44. The van der Waals surface area contributed by atoms with Crippen LogP contribution in [0.2, 0.25) is 0 Å². The Balaban J connectivity index is 2.34. The summed E-state index contributed by atoms with van der Waals surface area (Å²) in [5, 5.41) is 0. The number of nitrogen functional groups attached to an aromatic ring is 1. The van der Waals surface area contributed by atoms with Gasteiger partial charge in [-0.3, -0.25) is 23.9 Å². The topological polar surface area (TPSA) is 127 Å². The van der Waals surface area contributed by atoms with Gasteiger partial charge in [-0.1, -0.05) is 13.0 Å². The standard InChI is InChI=1S/C20H25FN4O5S/c1-4-7-25-18(22)17(19(28)23-20(25)29)24(8-9-30-3)16(27)11-31-15-6-5-13(12(2)26)10-14(15)21/h5-6,10H,4,7-9,11,22H2,1-3H3,(H,23,28,29). The Labute approximate surface area is 182 Å². The van der Waals surface area contributed by atoms with Crippen molar-refractivity contribution >= 4 is 35.0 Å². The van der Waals surface area contributed by atoms with E-state index in [-0.39, 0.29) is 53.2 Å². The Morgan fingerprint density at radius 2 is 2.03 bits per heavy atom. The molecule has 0 atom stereocenters. The second-order valence-electron chi connectivity index (χ2n) is 6.67. The number of ether oxygens (including phenoxy) is 1. The molecular weight excluding hydrogens is 427 g/mol. The highest BCUT2D eigenvalue weighted by molar-refractivity contribution is 8.00. The van der Waals surface area contributed by atoms with Gasteiger partial charge in [-0.05, 0) is 25.5 Å². The third-order valence-corrected chi connectivity index (χ3v) is 5.47. The van der Waals surface area contributed by atoms with Gasteiger partial charge < -0.3 is 15.4 Å². The minimum absolute atomic E-state index is 0.0132. The first-order chi connectivity index (χ1) is 14.7. The molecule has 0 radical (unpaired) electrons. The average molecular weight is 453 g/mol. The van der Waals surface area contributed by atoms with Crippen molar-refractivity contribution in [3.8, 4) is 0 Å². The van der Waals surface area contributed by atoms with E-state index in [0.717, 1.165) is 22.7 Å². The quantitative estimate of drug-likeness (QED) is 0.414. The van der Waals surface area contributed by atoms with Gasteiger partial charge in [-0.25, -0.2) is 9.18 Å². The van der Waals surface area contributed by atoms with Crippen LogP contribution in [0.25, 0.3) is 0 Å². The number of hydrogen-bond donors (Lipinski definition) is 2. The zero-order valence-corrected chi connectivity index (χ0v) is 18.4. The third kappa shape index (κ3) is 5.82. The van der Waals surface area contributed by atoms with Crippen LogP contribution < -0.4 is 21.9 Å². The summed E-state index contributed by atoms with van der Waals surface area (Å²) in [6, 6.07) is 4.01. The molecule has 0 bridgehead atoms. The normalized spacial score (nSPS) is 10.8. The molecule has 0 fully saturated rings. The first kappa shape index (κ1) is 24.4. The smallest absolute Gasteiger partial charge is 0.330 e. The molecule has 1 heterocycles. The van der Waals surface area contributed by atoms with Gasteiger partial charge in [0.15, 0.2) is 11.5 Å². The molecule has 1 aromatic carbocycles. The van der Waals surface area contributed by atoms with E-state index in [1.165, 1.54) is 30.7 Å². The van der Waals surface area contributed by atoms with E-state index < -0.39 is 23.0 Å². The lowest BCUT2D eigenvalue weighted by Gasteiger charge is -2.24. The molecule has 0 aliphatic rings. The first-order valence-electron chi connectivity index (χ1n) is 9.56. The summed E-state index contributed by atoms with van der Waals surface area (Å²) in [5.41, 5.74) is 4.70. The van der Waals surface area contributed by atoms with Crippen molar-refractivity contribution < 1.29 is 18.7 Å². The number of methoxy groups -OCH3 is 1. The van der Waals surface area contributed by atoms with Crippen molar-refractivity contribution in [3.05, 3.63) is 50.4 Å². The maximum atomic E-state index is 14.3. The number of H-pyrrole nitrogens is 1. The number of aromatic amines is 1. The fraction of sp³-hybridized carbons (Fsp3) is 0.400. The van der Waals surface area contributed by atoms with Crippen molar-refractivity contribution in [2.45, 2.75) is 31.7 Å². The number of hydrogen-bond acceptors (Lipinski definition) is 7. The molecule has 0 spiro atoms. The molecule has 1 amide bonds. The molecule has 0 unspecified atom stereocenters. The summed E-state index contributed by atoms with van der Waals surface area (Å²) in [6.07, 6.45) is 0.590. The monoisotopic (exact) mass is 452 g/mol. The van der Waals surface area contributed by atoms with Crippen molar-refractivity contribution in [2.75, 3.05) is 36.6 Å². The van der Waals surface area contributed by atoms with Crippen LogP contribution >= 0.6 is 11.8 Å². The number of ketones is 1. The first-order valence-corrected chi connectivity index (χ1v) is 10.5. The van der Waals surface area contributed by atoms with Crippen LogP contribution in [0.3, 0.4) is 0 Å². The number of Topliss-reactive ketones (excluding diaryl/α,β-unsaturated/α-hetero) is 1. The van der Waals surface area contributed by atoms with Crippen LogP contribution in [0.1, 0.15) is 30.6 Å². The van der Waals surface area contributed by atoms with E-state index in [9.17, 15) is 23.6 Å². The molecule has 0 aliphatic heterocycles. The molecule has 0 saturated heterocycles. The Hall–Kier alpha value is -2.92. The second-order valence-corrected chi connectivity index (χ2v) is 7.69. The van der Waals surface area contributed by atoms with E-state index in [1.54, 1.807) is 0 Å². The molecular formula is C20H25FN4O5S. The van der Waals surface area contributed by atoms with Crippen LogP contribution in [-0.4, -0.2) is 47.3 Å². The molecule has 168 valence electrons. The number of amides is 1. The van der Waals surface area contributed by atoms with Crippen molar-refractivity contribution in [1.82, 2.24) is 9.55 Å². The Kier molecular flexibility index (Phi) is 8.57. The zero-order valence-electron chi connectivity index (χ0n) is 17.6. The summed E-state index contributed by atoms with van der Waals surface area (Å²) >= 11 is 0.921. The fourth-order valence-electron chi connectivity index (χ4n) is 2.88. The maximum absolute atomic E-state index is 14.3. The number of nitrogens with one attached hydrogen (secondary N) is 1. The van der Waals surface area contributed by atoms with Gasteiger partial charge in [-0.15, -0.1) is 11.8 Å². The number of nitrogens with zero attached hydrogens (tertiary/aromatic N) is 2. The van der Waals surface area contributed by atoms with Crippen LogP contribution in [0.15, 0.2) is 32.7 Å². The number of aromatic nitrogens is 2. The van der Waals surface area contributed by atoms with E-state index in [4.69, 9.17) is 10.5 Å². The van der Waals surface area contributed by atoms with Crippen molar-refractivity contribution in [2.24, 2.45) is 0 Å². The van der Waals surface area contributed by atoms with Gasteiger partial charge in [0, 0.05) is 30.7 Å². The lowest BCUT2D eigenvalue weighted by molar-refractivity contribution is -0.116. The van der Waals surface area contributed by atoms with Gasteiger partial charge >= 0.3 is 5.69 Å². The summed E-state index contributed by atoms with van der Waals surface area (Å²) in [4.78, 5) is 52.4. The molecule has 9 nitrogen and oxygen atoms in total. The Morgan fingerprint density at radius 3 is 2.61 bits per heavy atom. The molecule has 1 aromatic heterocycles. The molecule has 2 aromatic rings. The molecule has 0 saturated carbocycles. The minimum atomic E-state index is -0.790. The molecule has 0 aliphatic carbocycles. The number of thioether (sulfide) groups is 1. The number of rotatable bonds is 10. The predicted molar refractivity (Wildman–Crippen MR) is 117 cm³/mol. The predicted octanol–water partition coefficient (Wildman–Crippen LogP) is 1.64. The molecule has 11 heteroatoms. The van der Waals surface area contributed by atoms with Gasteiger partial charge in [0.05, 0.1) is 12.4 Å². The number of nitrogens with two attached hydrogens (primary N) is 1. The average Bonchev–Trinajstić information content (AvgIpc) is 2.72. The van der Waals surface area contributed by atoms with E-state index in [2.05, 4.69) is 4.98 Å². The highest BCUT2D eigenvalue weighted by atomic mass is 32.2.